The van der Waals surface area contributed by atoms with Gasteiger partial charge in [-0.1, -0.05) is 17.7 Å². The number of benzene rings is 1. The van der Waals surface area contributed by atoms with Gasteiger partial charge in [0.05, 0.1) is 0 Å². The molecule has 1 aromatic heterocycles. The first kappa shape index (κ1) is 10.5. The molecule has 0 aliphatic heterocycles. The van der Waals surface area contributed by atoms with Crippen LogP contribution in [-0.4, -0.2) is 4.98 Å². The fraction of sp³-hybridized carbons (Fsp3) is 0.182. The number of hydrogen-bond donors (Lipinski definition) is 1. The Kier molecular flexibility index (Phi) is 3.28. The summed E-state index contributed by atoms with van der Waals surface area (Å²) >= 11 is 3.37. The molecule has 0 unspecified atom stereocenters. The van der Waals surface area contributed by atoms with E-state index in [1.165, 1.54) is 15.3 Å². The maximum Gasteiger partial charge on any atom is 0.180 e. The summed E-state index contributed by atoms with van der Waals surface area (Å²) < 4.78 is 0. The van der Waals surface area contributed by atoms with Gasteiger partial charge in [0.15, 0.2) is 5.13 Å². The molecule has 0 bridgehead atoms. The van der Waals surface area contributed by atoms with Gasteiger partial charge in [-0.15, -0.1) is 23.1 Å². The molecule has 2 N–H and O–H groups in total. The highest BCUT2D eigenvalue weighted by Gasteiger charge is 2.00. The number of aromatic nitrogens is 1. The van der Waals surface area contributed by atoms with Crippen molar-refractivity contribution in [2.75, 3.05) is 5.73 Å². The SMILES string of the molecule is Cc1cccc(SCc2cnc(N)s2)c1. The molecule has 78 valence electrons. The van der Waals surface area contributed by atoms with E-state index in [1.54, 1.807) is 11.3 Å². The zero-order valence-corrected chi connectivity index (χ0v) is 10.1. The summed E-state index contributed by atoms with van der Waals surface area (Å²) in [6.45, 7) is 2.11. The fourth-order valence-electron chi connectivity index (χ4n) is 1.25. The Labute approximate surface area is 97.5 Å². The third kappa shape index (κ3) is 2.97. The van der Waals surface area contributed by atoms with Crippen LogP contribution in [0.5, 0.6) is 0 Å². The Morgan fingerprint density at radius 3 is 3.00 bits per heavy atom. The molecule has 0 saturated heterocycles. The molecule has 1 heterocycles. The third-order valence-electron chi connectivity index (χ3n) is 1.94. The molecule has 1 aromatic carbocycles. The van der Waals surface area contributed by atoms with Gasteiger partial charge in [0.25, 0.3) is 0 Å². The second-order valence-electron chi connectivity index (χ2n) is 3.27. The van der Waals surface area contributed by atoms with Crippen LogP contribution in [0.25, 0.3) is 0 Å². The van der Waals surface area contributed by atoms with Gasteiger partial charge in [0, 0.05) is 21.7 Å². The van der Waals surface area contributed by atoms with Crippen molar-refractivity contribution in [3.8, 4) is 0 Å². The Bertz CT molecular complexity index is 451. The predicted octanol–water partition coefficient (Wildman–Crippen LogP) is 3.33. The molecule has 0 aliphatic rings. The summed E-state index contributed by atoms with van der Waals surface area (Å²) in [6, 6.07) is 8.50. The minimum Gasteiger partial charge on any atom is -0.375 e. The van der Waals surface area contributed by atoms with Gasteiger partial charge in [-0.3, -0.25) is 0 Å². The average molecular weight is 236 g/mol. The highest BCUT2D eigenvalue weighted by atomic mass is 32.2. The average Bonchev–Trinajstić information content (AvgIpc) is 2.62. The van der Waals surface area contributed by atoms with Crippen LogP contribution >= 0.6 is 23.1 Å². The van der Waals surface area contributed by atoms with Gasteiger partial charge in [0.1, 0.15) is 0 Å². The van der Waals surface area contributed by atoms with E-state index >= 15 is 0 Å². The van der Waals surface area contributed by atoms with Crippen molar-refractivity contribution in [2.24, 2.45) is 0 Å². The summed E-state index contributed by atoms with van der Waals surface area (Å²) in [7, 11) is 0. The zero-order valence-electron chi connectivity index (χ0n) is 8.43. The fourth-order valence-corrected chi connectivity index (χ4v) is 2.97. The van der Waals surface area contributed by atoms with Crippen molar-refractivity contribution in [1.82, 2.24) is 4.98 Å². The monoisotopic (exact) mass is 236 g/mol. The van der Waals surface area contributed by atoms with Gasteiger partial charge >= 0.3 is 0 Å². The van der Waals surface area contributed by atoms with Crippen molar-refractivity contribution in [2.45, 2.75) is 17.6 Å². The third-order valence-corrected chi connectivity index (χ3v) is 3.99. The summed E-state index contributed by atoms with van der Waals surface area (Å²) in [4.78, 5) is 6.54. The van der Waals surface area contributed by atoms with Gasteiger partial charge in [-0.25, -0.2) is 4.98 Å². The van der Waals surface area contributed by atoms with Crippen molar-refractivity contribution in [3.05, 3.63) is 40.9 Å². The summed E-state index contributed by atoms with van der Waals surface area (Å²) in [5, 5.41) is 0.648. The molecule has 0 fully saturated rings. The lowest BCUT2D eigenvalue weighted by Gasteiger charge is -2.00. The molecule has 2 aromatic rings. The van der Waals surface area contributed by atoms with Gasteiger partial charge < -0.3 is 5.73 Å². The van der Waals surface area contributed by atoms with Crippen molar-refractivity contribution < 1.29 is 0 Å². The van der Waals surface area contributed by atoms with E-state index in [-0.39, 0.29) is 0 Å². The number of nitrogens with two attached hydrogens (primary N) is 1. The minimum atomic E-state index is 0.648. The molecule has 0 atom stereocenters. The highest BCUT2D eigenvalue weighted by Crippen LogP contribution is 2.26. The van der Waals surface area contributed by atoms with Gasteiger partial charge in [-0.05, 0) is 19.1 Å². The summed E-state index contributed by atoms with van der Waals surface area (Å²) in [5.74, 6) is 0.943. The number of nitrogen functional groups attached to an aromatic ring is 1. The Morgan fingerprint density at radius 1 is 1.47 bits per heavy atom. The van der Waals surface area contributed by atoms with E-state index in [0.717, 1.165) is 5.75 Å². The molecule has 0 radical (unpaired) electrons. The number of nitrogens with zero attached hydrogens (tertiary/aromatic N) is 1. The number of thiazole rings is 1. The Morgan fingerprint density at radius 2 is 2.33 bits per heavy atom. The van der Waals surface area contributed by atoms with Crippen LogP contribution in [0.4, 0.5) is 5.13 Å². The normalized spacial score (nSPS) is 10.5. The van der Waals surface area contributed by atoms with Crippen molar-refractivity contribution in [3.63, 3.8) is 0 Å². The van der Waals surface area contributed by atoms with E-state index < -0.39 is 0 Å². The molecular formula is C11H12N2S2. The van der Waals surface area contributed by atoms with E-state index in [0.29, 0.717) is 5.13 Å². The summed E-state index contributed by atoms with van der Waals surface area (Å²) in [6.07, 6.45) is 1.85. The van der Waals surface area contributed by atoms with E-state index in [4.69, 9.17) is 5.73 Å². The van der Waals surface area contributed by atoms with E-state index in [9.17, 15) is 0 Å². The predicted molar refractivity (Wildman–Crippen MR) is 67.3 cm³/mol. The quantitative estimate of drug-likeness (QED) is 0.831. The molecule has 0 spiro atoms. The standard InChI is InChI=1S/C11H12N2S2/c1-8-3-2-4-9(5-8)14-7-10-6-13-11(12)15-10/h2-6H,7H2,1H3,(H2,12,13). The molecule has 0 amide bonds. The zero-order chi connectivity index (χ0) is 10.7. The molecular weight excluding hydrogens is 224 g/mol. The lowest BCUT2D eigenvalue weighted by atomic mass is 10.2. The largest absolute Gasteiger partial charge is 0.375 e. The Hall–Kier alpha value is -1.00. The van der Waals surface area contributed by atoms with Crippen LogP contribution < -0.4 is 5.73 Å². The van der Waals surface area contributed by atoms with Gasteiger partial charge in [-0.2, -0.15) is 0 Å². The molecule has 2 nitrogen and oxygen atoms in total. The number of rotatable bonds is 3. The Balaban J connectivity index is 1.99. The molecule has 0 aliphatic carbocycles. The molecule has 2 rings (SSSR count). The van der Waals surface area contributed by atoms with Crippen LogP contribution in [0.2, 0.25) is 0 Å². The van der Waals surface area contributed by atoms with Crippen LogP contribution in [0, 0.1) is 6.92 Å². The lowest BCUT2D eigenvalue weighted by Crippen LogP contribution is -1.77. The molecule has 0 saturated carbocycles. The second-order valence-corrected chi connectivity index (χ2v) is 5.47. The smallest absolute Gasteiger partial charge is 0.180 e. The van der Waals surface area contributed by atoms with Crippen LogP contribution in [-0.2, 0) is 5.75 Å². The number of aryl methyl sites for hydroxylation is 1. The van der Waals surface area contributed by atoms with Crippen LogP contribution in [0.3, 0.4) is 0 Å². The van der Waals surface area contributed by atoms with E-state index in [1.807, 2.05) is 18.0 Å². The topological polar surface area (TPSA) is 38.9 Å². The van der Waals surface area contributed by atoms with Crippen molar-refractivity contribution >= 4 is 28.2 Å². The number of anilines is 1. The van der Waals surface area contributed by atoms with Gasteiger partial charge in [0.2, 0.25) is 0 Å². The first-order chi connectivity index (χ1) is 7.24. The second kappa shape index (κ2) is 4.68. The van der Waals surface area contributed by atoms with Crippen LogP contribution in [0.15, 0.2) is 35.4 Å². The van der Waals surface area contributed by atoms with Crippen LogP contribution in [0.1, 0.15) is 10.4 Å². The van der Waals surface area contributed by atoms with E-state index in [2.05, 4.69) is 36.2 Å². The number of thioether (sulfide) groups is 1. The van der Waals surface area contributed by atoms with Crippen molar-refractivity contribution in [1.29, 1.82) is 0 Å². The highest BCUT2D eigenvalue weighted by molar-refractivity contribution is 7.98. The summed E-state index contributed by atoms with van der Waals surface area (Å²) in [5.41, 5.74) is 6.87. The molecule has 4 heteroatoms. The molecule has 15 heavy (non-hydrogen) atoms. The first-order valence-electron chi connectivity index (χ1n) is 4.64. The maximum atomic E-state index is 5.57. The number of hydrogen-bond acceptors (Lipinski definition) is 4. The maximum absolute atomic E-state index is 5.57. The first-order valence-corrected chi connectivity index (χ1v) is 6.44. The lowest BCUT2D eigenvalue weighted by molar-refractivity contribution is 1.34. The minimum absolute atomic E-state index is 0.648.